The van der Waals surface area contributed by atoms with Crippen LogP contribution < -0.4 is 10.8 Å². The molecule has 3 N–H and O–H groups in total. The zero-order valence-electron chi connectivity index (χ0n) is 18.2. The van der Waals surface area contributed by atoms with E-state index in [-0.39, 0.29) is 12.3 Å². The minimum absolute atomic E-state index is 0.0957. The van der Waals surface area contributed by atoms with Gasteiger partial charge in [-0.3, -0.25) is 14.8 Å². The average Bonchev–Trinajstić information content (AvgIpc) is 3.36. The fraction of sp³-hybridized carbons (Fsp3) is 0.222. The molecule has 0 saturated carbocycles. The largest absolute Gasteiger partial charge is 0.326 e. The number of rotatable bonds is 10. The lowest BCUT2D eigenvalue weighted by molar-refractivity contribution is -0.129. The number of hydroxylamine groups is 1. The number of nitrogens with one attached hydrogen (secondary N) is 2. The molecule has 5 heteroatoms. The van der Waals surface area contributed by atoms with Crippen molar-refractivity contribution < 1.29 is 14.8 Å². The molecule has 0 bridgehead atoms. The van der Waals surface area contributed by atoms with Gasteiger partial charge < -0.3 is 5.32 Å². The Morgan fingerprint density at radius 2 is 1.56 bits per heavy atom. The molecule has 0 fully saturated rings. The number of hydrogen-bond donors (Lipinski definition) is 3. The number of amides is 2. The van der Waals surface area contributed by atoms with Gasteiger partial charge in [-0.2, -0.15) is 0 Å². The van der Waals surface area contributed by atoms with Crippen LogP contribution in [0.25, 0.3) is 5.57 Å². The molecule has 0 heterocycles. The van der Waals surface area contributed by atoms with E-state index in [1.54, 1.807) is 5.48 Å². The summed E-state index contributed by atoms with van der Waals surface area (Å²) >= 11 is 0. The average molecular weight is 429 g/mol. The number of anilines is 1. The first kappa shape index (κ1) is 23.0. The lowest BCUT2D eigenvalue weighted by Gasteiger charge is -2.16. The first-order valence-corrected chi connectivity index (χ1v) is 10.9. The first-order chi connectivity index (χ1) is 15.6. The van der Waals surface area contributed by atoms with Gasteiger partial charge in [-0.15, -0.1) is 5.73 Å². The van der Waals surface area contributed by atoms with Crippen molar-refractivity contribution in [3.05, 3.63) is 101 Å². The van der Waals surface area contributed by atoms with Gasteiger partial charge in [0.15, 0.2) is 0 Å². The summed E-state index contributed by atoms with van der Waals surface area (Å²) in [4.78, 5) is 23.2. The van der Waals surface area contributed by atoms with Crippen LogP contribution >= 0.6 is 0 Å². The van der Waals surface area contributed by atoms with E-state index in [9.17, 15) is 9.59 Å². The summed E-state index contributed by atoms with van der Waals surface area (Å²) < 4.78 is 0. The molecule has 0 unspecified atom stereocenters. The molecule has 164 valence electrons. The van der Waals surface area contributed by atoms with Crippen LogP contribution in [0.4, 0.5) is 5.69 Å². The Bertz CT molecular complexity index is 1070. The van der Waals surface area contributed by atoms with Gasteiger partial charge in [-0.05, 0) is 65.8 Å². The molecule has 0 aromatic heterocycles. The van der Waals surface area contributed by atoms with Gasteiger partial charge >= 0.3 is 0 Å². The quantitative estimate of drug-likeness (QED) is 0.201. The van der Waals surface area contributed by atoms with Gasteiger partial charge in [-0.1, -0.05) is 55.5 Å². The Labute approximate surface area is 188 Å². The fourth-order valence-electron chi connectivity index (χ4n) is 3.71. The SMILES string of the molecule is CC/C(C1=C=CC=C1)=C(/c1ccccc1)c1ccc(NC(=O)CCCCC(=O)NO)cc1. The monoisotopic (exact) mass is 428 g/mol. The topological polar surface area (TPSA) is 78.4 Å². The van der Waals surface area contributed by atoms with Crippen molar-refractivity contribution in [2.24, 2.45) is 0 Å². The maximum absolute atomic E-state index is 12.2. The highest BCUT2D eigenvalue weighted by Gasteiger charge is 2.14. The fourth-order valence-corrected chi connectivity index (χ4v) is 3.71. The Balaban J connectivity index is 1.76. The van der Waals surface area contributed by atoms with Gasteiger partial charge in [0.05, 0.1) is 0 Å². The van der Waals surface area contributed by atoms with E-state index in [1.165, 1.54) is 5.57 Å². The van der Waals surface area contributed by atoms with Crippen LogP contribution in [0, 0.1) is 0 Å². The van der Waals surface area contributed by atoms with Crippen molar-refractivity contribution >= 4 is 23.1 Å². The van der Waals surface area contributed by atoms with E-state index >= 15 is 0 Å². The van der Waals surface area contributed by atoms with E-state index in [2.05, 4.69) is 36.2 Å². The predicted molar refractivity (Wildman–Crippen MR) is 127 cm³/mol. The number of allylic oxidation sites excluding steroid dienone is 4. The molecule has 5 nitrogen and oxygen atoms in total. The van der Waals surface area contributed by atoms with Crippen molar-refractivity contribution in [3.8, 4) is 0 Å². The normalized spacial score (nSPS) is 12.9. The van der Waals surface area contributed by atoms with Gasteiger partial charge in [0.2, 0.25) is 11.8 Å². The zero-order chi connectivity index (χ0) is 22.8. The lowest BCUT2D eigenvalue weighted by Crippen LogP contribution is -2.18. The zero-order valence-corrected chi connectivity index (χ0v) is 18.2. The second-order valence-corrected chi connectivity index (χ2v) is 7.52. The summed E-state index contributed by atoms with van der Waals surface area (Å²) in [6, 6.07) is 18.2. The molecule has 2 aromatic rings. The highest BCUT2D eigenvalue weighted by molar-refractivity contribution is 5.91. The smallest absolute Gasteiger partial charge is 0.243 e. The van der Waals surface area contributed by atoms with E-state index < -0.39 is 5.91 Å². The maximum Gasteiger partial charge on any atom is 0.243 e. The molecule has 32 heavy (non-hydrogen) atoms. The Morgan fingerprint density at radius 1 is 0.906 bits per heavy atom. The van der Waals surface area contributed by atoms with Crippen LogP contribution in [0.2, 0.25) is 0 Å². The highest BCUT2D eigenvalue weighted by atomic mass is 16.5. The number of hydrogen-bond acceptors (Lipinski definition) is 3. The van der Waals surface area contributed by atoms with Gasteiger partial charge in [-0.25, -0.2) is 5.48 Å². The van der Waals surface area contributed by atoms with Crippen LogP contribution in [0.1, 0.15) is 50.2 Å². The van der Waals surface area contributed by atoms with E-state index in [0.717, 1.165) is 34.4 Å². The van der Waals surface area contributed by atoms with E-state index in [0.29, 0.717) is 19.3 Å². The molecule has 0 radical (unpaired) electrons. The third-order valence-corrected chi connectivity index (χ3v) is 5.28. The molecule has 1 aliphatic carbocycles. The number of carbonyl (C=O) groups excluding carboxylic acids is 2. The molecule has 3 rings (SSSR count). The van der Waals surface area contributed by atoms with Gasteiger partial charge in [0.1, 0.15) is 0 Å². The number of unbranched alkanes of at least 4 members (excludes halogenated alkanes) is 1. The van der Waals surface area contributed by atoms with Crippen molar-refractivity contribution in [3.63, 3.8) is 0 Å². The van der Waals surface area contributed by atoms with Crippen molar-refractivity contribution in [1.82, 2.24) is 5.48 Å². The molecular formula is C27H28N2O3. The molecule has 1 aliphatic rings. The highest BCUT2D eigenvalue weighted by Crippen LogP contribution is 2.33. The second-order valence-electron chi connectivity index (χ2n) is 7.52. The third-order valence-electron chi connectivity index (χ3n) is 5.28. The molecule has 0 saturated heterocycles. The summed E-state index contributed by atoms with van der Waals surface area (Å²) in [6.07, 6.45) is 8.54. The molecule has 0 spiro atoms. The Morgan fingerprint density at radius 3 is 2.16 bits per heavy atom. The predicted octanol–water partition coefficient (Wildman–Crippen LogP) is 5.55. The summed E-state index contributed by atoms with van der Waals surface area (Å²) in [5.74, 6) is -0.532. The molecule has 0 aliphatic heterocycles. The van der Waals surface area contributed by atoms with Gasteiger partial charge in [0.25, 0.3) is 0 Å². The second kappa shape index (κ2) is 11.7. The van der Waals surface area contributed by atoms with Crippen LogP contribution in [0.15, 0.2) is 89.7 Å². The molecule has 2 aromatic carbocycles. The number of benzene rings is 2. The summed E-state index contributed by atoms with van der Waals surface area (Å²) in [7, 11) is 0. The lowest BCUT2D eigenvalue weighted by atomic mass is 9.88. The van der Waals surface area contributed by atoms with Crippen molar-refractivity contribution in [2.75, 3.05) is 5.32 Å². The minimum atomic E-state index is -0.436. The third kappa shape index (κ3) is 6.17. The number of carbonyl (C=O) groups is 2. The standard InChI is InChI=1S/C27H28N2O3/c1-2-24(20-10-6-7-11-20)27(21-12-4-3-5-13-21)22-16-18-23(19-17-22)28-25(30)14-8-9-15-26(31)29-32/h3-7,10,12-13,16-19,32H,2,8-9,14-15H2,1H3,(H,28,30)(H,29,31)/b27-24+. The summed E-state index contributed by atoms with van der Waals surface area (Å²) in [5.41, 5.74) is 11.4. The molecule has 2 amide bonds. The van der Waals surface area contributed by atoms with Crippen molar-refractivity contribution in [1.29, 1.82) is 0 Å². The van der Waals surface area contributed by atoms with Crippen LogP contribution in [-0.2, 0) is 9.59 Å². The molecular weight excluding hydrogens is 400 g/mol. The maximum atomic E-state index is 12.2. The van der Waals surface area contributed by atoms with Gasteiger partial charge in [0, 0.05) is 24.1 Å². The summed E-state index contributed by atoms with van der Waals surface area (Å²) in [6.45, 7) is 2.15. The Kier molecular flexibility index (Phi) is 8.38. The van der Waals surface area contributed by atoms with Crippen LogP contribution in [0.3, 0.4) is 0 Å². The van der Waals surface area contributed by atoms with E-state index in [4.69, 9.17) is 5.21 Å². The van der Waals surface area contributed by atoms with E-state index in [1.807, 2.05) is 54.6 Å². The minimum Gasteiger partial charge on any atom is -0.326 e. The first-order valence-electron chi connectivity index (χ1n) is 10.9. The van der Waals surface area contributed by atoms with Crippen LogP contribution in [0.5, 0.6) is 0 Å². The summed E-state index contributed by atoms with van der Waals surface area (Å²) in [5, 5.41) is 11.4. The van der Waals surface area contributed by atoms with Crippen LogP contribution in [-0.4, -0.2) is 17.0 Å². The van der Waals surface area contributed by atoms with Crippen molar-refractivity contribution in [2.45, 2.75) is 39.0 Å². The molecule has 0 atom stereocenters. The Hall–Kier alpha value is -3.66.